The predicted octanol–water partition coefficient (Wildman–Crippen LogP) is 2.52. The van der Waals surface area contributed by atoms with Crippen molar-refractivity contribution in [3.8, 4) is 0 Å². The summed E-state index contributed by atoms with van der Waals surface area (Å²) in [6.45, 7) is 7.26. The molecule has 0 aliphatic rings. The molecule has 0 radical (unpaired) electrons. The first-order chi connectivity index (χ1) is 11.1. The van der Waals surface area contributed by atoms with Gasteiger partial charge >= 0.3 is 0 Å². The minimum Gasteiger partial charge on any atom is -0.364 e. The van der Waals surface area contributed by atoms with E-state index in [1.807, 2.05) is 6.92 Å². The van der Waals surface area contributed by atoms with E-state index in [9.17, 15) is 0 Å². The van der Waals surface area contributed by atoms with Crippen molar-refractivity contribution in [1.82, 2.24) is 19.9 Å². The fourth-order valence-electron chi connectivity index (χ4n) is 2.35. The summed E-state index contributed by atoms with van der Waals surface area (Å²) in [6.07, 6.45) is 4.23. The molecule has 3 N–H and O–H groups in total. The number of rotatable bonds is 5. The van der Waals surface area contributed by atoms with Gasteiger partial charge in [0, 0.05) is 17.5 Å². The highest BCUT2D eigenvalue weighted by molar-refractivity contribution is 7.18. The topological polar surface area (TPSA) is 89.6 Å². The van der Waals surface area contributed by atoms with Crippen LogP contribution < -0.4 is 11.1 Å². The van der Waals surface area contributed by atoms with E-state index in [0.717, 1.165) is 33.2 Å². The number of anilines is 1. The molecule has 3 heterocycles. The van der Waals surface area contributed by atoms with E-state index in [4.69, 9.17) is 5.73 Å². The normalized spacial score (nSPS) is 11.1. The number of nitrogens with zero attached hydrogens (tertiary/aromatic N) is 4. The number of aryl methyl sites for hydroxylation is 3. The zero-order chi connectivity index (χ0) is 16.4. The van der Waals surface area contributed by atoms with Crippen molar-refractivity contribution in [3.63, 3.8) is 0 Å². The Morgan fingerprint density at radius 3 is 2.65 bits per heavy atom. The molecule has 0 atom stereocenters. The van der Waals surface area contributed by atoms with Gasteiger partial charge in [0.2, 0.25) is 0 Å². The third-order valence-corrected chi connectivity index (χ3v) is 4.82. The molecule has 0 saturated heterocycles. The van der Waals surface area contributed by atoms with Crippen molar-refractivity contribution < 1.29 is 0 Å². The summed E-state index contributed by atoms with van der Waals surface area (Å²) < 4.78 is 0. The van der Waals surface area contributed by atoms with Crippen molar-refractivity contribution in [2.45, 2.75) is 33.7 Å². The van der Waals surface area contributed by atoms with Crippen LogP contribution in [0, 0.1) is 20.8 Å². The smallest absolute Gasteiger partial charge is 0.139 e. The lowest BCUT2D eigenvalue weighted by molar-refractivity contribution is 0.877. The Balaban J connectivity index is 1.95. The molecule has 0 aliphatic carbocycles. The van der Waals surface area contributed by atoms with Crippen LogP contribution in [0.1, 0.15) is 27.7 Å². The summed E-state index contributed by atoms with van der Waals surface area (Å²) in [6, 6.07) is 0. The number of nitrogens with two attached hydrogens (primary N) is 1. The van der Waals surface area contributed by atoms with E-state index in [1.54, 1.807) is 23.7 Å². The van der Waals surface area contributed by atoms with Gasteiger partial charge in [-0.3, -0.25) is 9.97 Å². The summed E-state index contributed by atoms with van der Waals surface area (Å²) in [7, 11) is 0. The van der Waals surface area contributed by atoms with Crippen molar-refractivity contribution in [2.24, 2.45) is 5.73 Å². The summed E-state index contributed by atoms with van der Waals surface area (Å²) >= 11 is 1.70. The van der Waals surface area contributed by atoms with Crippen LogP contribution in [-0.4, -0.2) is 26.5 Å². The first kappa shape index (κ1) is 15.8. The lowest BCUT2D eigenvalue weighted by atomic mass is 10.2. The molecule has 7 heteroatoms. The predicted molar refractivity (Wildman–Crippen MR) is 93.7 cm³/mol. The summed E-state index contributed by atoms with van der Waals surface area (Å²) in [5.74, 6) is 1.63. The van der Waals surface area contributed by atoms with Crippen LogP contribution >= 0.6 is 11.3 Å². The summed E-state index contributed by atoms with van der Waals surface area (Å²) in [5.41, 5.74) is 8.67. The first-order valence-electron chi connectivity index (χ1n) is 7.56. The zero-order valence-electron chi connectivity index (χ0n) is 13.6. The largest absolute Gasteiger partial charge is 0.364 e. The number of nitrogens with one attached hydrogen (secondary N) is 1. The lowest BCUT2D eigenvalue weighted by Crippen LogP contribution is -2.10. The molecular formula is C16H20N6S. The quantitative estimate of drug-likeness (QED) is 0.748. The minimum absolute atomic E-state index is 0.539. The second-order valence-corrected chi connectivity index (χ2v) is 6.70. The molecule has 0 bridgehead atoms. The Labute approximate surface area is 139 Å². The Kier molecular flexibility index (Phi) is 4.49. The zero-order valence-corrected chi connectivity index (χ0v) is 14.4. The van der Waals surface area contributed by atoms with Gasteiger partial charge in [-0.25, -0.2) is 9.97 Å². The highest BCUT2D eigenvalue weighted by atomic mass is 32.1. The van der Waals surface area contributed by atoms with E-state index in [-0.39, 0.29) is 0 Å². The molecule has 0 aliphatic heterocycles. The fraction of sp³-hybridized carbons (Fsp3) is 0.375. The lowest BCUT2D eigenvalue weighted by Gasteiger charge is -2.09. The third kappa shape index (κ3) is 3.30. The van der Waals surface area contributed by atoms with Crippen LogP contribution in [0.3, 0.4) is 0 Å². The van der Waals surface area contributed by atoms with E-state index in [2.05, 4.69) is 39.1 Å². The summed E-state index contributed by atoms with van der Waals surface area (Å²) in [4.78, 5) is 20.2. The minimum atomic E-state index is 0.539. The van der Waals surface area contributed by atoms with Gasteiger partial charge in [0.25, 0.3) is 0 Å². The van der Waals surface area contributed by atoms with E-state index >= 15 is 0 Å². The molecule has 0 spiro atoms. The van der Waals surface area contributed by atoms with Crippen LogP contribution in [0.4, 0.5) is 5.82 Å². The molecule has 0 aromatic carbocycles. The molecule has 3 aromatic rings. The first-order valence-corrected chi connectivity index (χ1v) is 8.38. The fourth-order valence-corrected chi connectivity index (χ4v) is 3.40. The number of fused-ring (bicyclic) bond motifs is 1. The van der Waals surface area contributed by atoms with Crippen LogP contribution in [0.5, 0.6) is 0 Å². The second-order valence-electron chi connectivity index (χ2n) is 5.49. The SMILES string of the molecule is Cc1cnc(CNc2nc(CCN)nc3sc(C)c(C)c23)cn1. The van der Waals surface area contributed by atoms with Gasteiger partial charge in [0.05, 0.1) is 29.5 Å². The third-order valence-electron chi connectivity index (χ3n) is 3.71. The summed E-state index contributed by atoms with van der Waals surface area (Å²) in [5, 5.41) is 4.48. The highest BCUT2D eigenvalue weighted by Gasteiger charge is 2.14. The van der Waals surface area contributed by atoms with Crippen LogP contribution in [-0.2, 0) is 13.0 Å². The monoisotopic (exact) mass is 328 g/mol. The highest BCUT2D eigenvalue weighted by Crippen LogP contribution is 2.33. The average molecular weight is 328 g/mol. The van der Waals surface area contributed by atoms with Crippen molar-refractivity contribution in [3.05, 3.63) is 40.0 Å². The van der Waals surface area contributed by atoms with E-state index in [1.165, 1.54) is 10.4 Å². The van der Waals surface area contributed by atoms with Crippen molar-refractivity contribution in [1.29, 1.82) is 0 Å². The molecule has 0 amide bonds. The Morgan fingerprint density at radius 2 is 1.96 bits per heavy atom. The standard InChI is InChI=1S/C16H20N6S/c1-9-6-19-12(7-18-9)8-20-15-14-10(2)11(3)23-16(14)22-13(21-15)4-5-17/h6-7H,4-5,8,17H2,1-3H3,(H,20,21,22). The molecule has 0 unspecified atom stereocenters. The molecule has 120 valence electrons. The van der Waals surface area contributed by atoms with Gasteiger partial charge in [-0.2, -0.15) is 0 Å². The maximum atomic E-state index is 5.65. The van der Waals surface area contributed by atoms with Gasteiger partial charge in [-0.15, -0.1) is 11.3 Å². The number of hydrogen-bond acceptors (Lipinski definition) is 7. The van der Waals surface area contributed by atoms with Gasteiger partial charge < -0.3 is 11.1 Å². The Bertz CT molecular complexity index is 825. The van der Waals surface area contributed by atoms with Crippen molar-refractivity contribution >= 4 is 27.4 Å². The maximum absolute atomic E-state index is 5.65. The number of aromatic nitrogens is 4. The van der Waals surface area contributed by atoms with E-state index < -0.39 is 0 Å². The molecule has 3 aromatic heterocycles. The maximum Gasteiger partial charge on any atom is 0.139 e. The Hall–Kier alpha value is -2.12. The van der Waals surface area contributed by atoms with Gasteiger partial charge in [-0.05, 0) is 32.9 Å². The van der Waals surface area contributed by atoms with Crippen LogP contribution in [0.2, 0.25) is 0 Å². The molecule has 6 nitrogen and oxygen atoms in total. The number of hydrogen-bond donors (Lipinski definition) is 2. The molecule has 0 saturated carbocycles. The molecule has 23 heavy (non-hydrogen) atoms. The van der Waals surface area contributed by atoms with Gasteiger partial charge in [0.15, 0.2) is 0 Å². The Morgan fingerprint density at radius 1 is 1.13 bits per heavy atom. The van der Waals surface area contributed by atoms with Crippen LogP contribution in [0.15, 0.2) is 12.4 Å². The number of thiophene rings is 1. The second kappa shape index (κ2) is 6.55. The van der Waals surface area contributed by atoms with E-state index in [0.29, 0.717) is 19.5 Å². The van der Waals surface area contributed by atoms with Gasteiger partial charge in [0.1, 0.15) is 16.5 Å². The average Bonchev–Trinajstić information content (AvgIpc) is 2.82. The molecule has 3 rings (SSSR count). The van der Waals surface area contributed by atoms with Crippen molar-refractivity contribution in [2.75, 3.05) is 11.9 Å². The van der Waals surface area contributed by atoms with Crippen LogP contribution in [0.25, 0.3) is 10.2 Å². The molecule has 0 fully saturated rings. The van der Waals surface area contributed by atoms with Gasteiger partial charge in [-0.1, -0.05) is 0 Å². The molecular weight excluding hydrogens is 308 g/mol.